The van der Waals surface area contributed by atoms with Crippen LogP contribution in [0.2, 0.25) is 0 Å². The van der Waals surface area contributed by atoms with Crippen molar-refractivity contribution in [2.45, 2.75) is 6.42 Å². The summed E-state index contributed by atoms with van der Waals surface area (Å²) in [5.41, 5.74) is 6.26. The summed E-state index contributed by atoms with van der Waals surface area (Å²) in [5, 5.41) is 2.87. The van der Waals surface area contributed by atoms with E-state index in [1.807, 2.05) is 42.5 Å². The molecule has 106 valence electrons. The van der Waals surface area contributed by atoms with E-state index in [2.05, 4.69) is 28.5 Å². The van der Waals surface area contributed by atoms with Crippen molar-refractivity contribution in [1.29, 1.82) is 0 Å². The number of aromatic nitrogens is 1. The van der Waals surface area contributed by atoms with E-state index in [4.69, 9.17) is 0 Å². The lowest BCUT2D eigenvalue weighted by Crippen LogP contribution is -2.03. The van der Waals surface area contributed by atoms with Crippen molar-refractivity contribution < 1.29 is 4.79 Å². The third kappa shape index (κ3) is 2.17. The van der Waals surface area contributed by atoms with Gasteiger partial charge in [-0.05, 0) is 41.0 Å². The van der Waals surface area contributed by atoms with Crippen LogP contribution in [0.25, 0.3) is 22.4 Å². The van der Waals surface area contributed by atoms with Gasteiger partial charge in [0.1, 0.15) is 0 Å². The molecule has 2 heterocycles. The molecule has 2 aromatic carbocycles. The third-order valence-corrected chi connectivity index (χ3v) is 3.91. The molecule has 0 atom stereocenters. The van der Waals surface area contributed by atoms with Crippen LogP contribution in [0.15, 0.2) is 66.9 Å². The van der Waals surface area contributed by atoms with Crippen LogP contribution in [-0.4, -0.2) is 10.9 Å². The second-order valence-electron chi connectivity index (χ2n) is 5.36. The molecule has 3 heteroatoms. The monoisotopic (exact) mass is 286 g/mol. The fourth-order valence-corrected chi connectivity index (χ4v) is 2.88. The van der Waals surface area contributed by atoms with Crippen LogP contribution in [0.5, 0.6) is 0 Å². The molecule has 0 spiro atoms. The average Bonchev–Trinajstić information content (AvgIpc) is 2.95. The second-order valence-corrected chi connectivity index (χ2v) is 5.36. The minimum Gasteiger partial charge on any atom is -0.326 e. The smallest absolute Gasteiger partial charge is 0.228 e. The number of hydrogen-bond donors (Lipinski definition) is 1. The summed E-state index contributed by atoms with van der Waals surface area (Å²) in [6.45, 7) is 0. The van der Waals surface area contributed by atoms with Gasteiger partial charge in [0.25, 0.3) is 0 Å². The van der Waals surface area contributed by atoms with Crippen LogP contribution in [0.3, 0.4) is 0 Å². The normalized spacial score (nSPS) is 12.8. The standard InChI is InChI=1S/C19H14N2O/c22-19-12-14-11-13(8-9-17(14)21-19)15-5-1-2-6-16(15)18-7-3-4-10-20-18/h1-11H,12H2,(H,21,22). The van der Waals surface area contributed by atoms with Gasteiger partial charge < -0.3 is 5.32 Å². The van der Waals surface area contributed by atoms with Gasteiger partial charge in [-0.3, -0.25) is 9.78 Å². The van der Waals surface area contributed by atoms with E-state index in [1.165, 1.54) is 0 Å². The van der Waals surface area contributed by atoms with Gasteiger partial charge in [-0.15, -0.1) is 0 Å². The van der Waals surface area contributed by atoms with Gasteiger partial charge in [0.2, 0.25) is 5.91 Å². The molecule has 3 aromatic rings. The number of anilines is 1. The Morgan fingerprint density at radius 1 is 0.909 bits per heavy atom. The number of nitrogens with one attached hydrogen (secondary N) is 1. The van der Waals surface area contributed by atoms with Crippen molar-refractivity contribution >= 4 is 11.6 Å². The molecule has 3 nitrogen and oxygen atoms in total. The van der Waals surface area contributed by atoms with E-state index in [1.54, 1.807) is 6.20 Å². The fraction of sp³-hybridized carbons (Fsp3) is 0.0526. The zero-order valence-electron chi connectivity index (χ0n) is 11.9. The fourth-order valence-electron chi connectivity index (χ4n) is 2.88. The molecule has 0 saturated carbocycles. The molecular formula is C19H14N2O. The zero-order chi connectivity index (χ0) is 14.9. The van der Waals surface area contributed by atoms with E-state index in [0.717, 1.165) is 33.6 Å². The Kier molecular flexibility index (Phi) is 2.97. The van der Waals surface area contributed by atoms with Crippen LogP contribution >= 0.6 is 0 Å². The maximum Gasteiger partial charge on any atom is 0.228 e. The van der Waals surface area contributed by atoms with Crippen molar-refractivity contribution in [2.24, 2.45) is 0 Å². The van der Waals surface area contributed by atoms with Crippen LogP contribution in [0.1, 0.15) is 5.56 Å². The van der Waals surface area contributed by atoms with Crippen LogP contribution in [0, 0.1) is 0 Å². The zero-order valence-corrected chi connectivity index (χ0v) is 11.9. The van der Waals surface area contributed by atoms with E-state index in [0.29, 0.717) is 6.42 Å². The molecule has 0 radical (unpaired) electrons. The van der Waals surface area contributed by atoms with Crippen molar-refractivity contribution in [1.82, 2.24) is 4.98 Å². The van der Waals surface area contributed by atoms with Gasteiger partial charge in [0, 0.05) is 17.4 Å². The molecule has 4 rings (SSSR count). The Morgan fingerprint density at radius 2 is 1.73 bits per heavy atom. The molecule has 0 fully saturated rings. The maximum absolute atomic E-state index is 11.5. The molecule has 1 aromatic heterocycles. The molecule has 0 aliphatic carbocycles. The van der Waals surface area contributed by atoms with Crippen LogP contribution < -0.4 is 5.32 Å². The number of carbonyl (C=O) groups excluding carboxylic acids is 1. The number of rotatable bonds is 2. The number of hydrogen-bond acceptors (Lipinski definition) is 2. The first kappa shape index (κ1) is 12.8. The summed E-state index contributed by atoms with van der Waals surface area (Å²) < 4.78 is 0. The molecule has 1 aliphatic heterocycles. The number of carbonyl (C=O) groups is 1. The minimum absolute atomic E-state index is 0.0603. The summed E-state index contributed by atoms with van der Waals surface area (Å²) in [7, 11) is 0. The molecular weight excluding hydrogens is 272 g/mol. The van der Waals surface area contributed by atoms with Crippen LogP contribution in [-0.2, 0) is 11.2 Å². The van der Waals surface area contributed by atoms with Crippen molar-refractivity contribution in [3.05, 3.63) is 72.4 Å². The van der Waals surface area contributed by atoms with E-state index in [-0.39, 0.29) is 5.91 Å². The van der Waals surface area contributed by atoms with Crippen molar-refractivity contribution in [3.8, 4) is 22.4 Å². The van der Waals surface area contributed by atoms with Gasteiger partial charge >= 0.3 is 0 Å². The summed E-state index contributed by atoms with van der Waals surface area (Å²) >= 11 is 0. The molecule has 1 N–H and O–H groups in total. The SMILES string of the molecule is O=C1Cc2cc(-c3ccccc3-c3ccccn3)ccc2N1. The minimum atomic E-state index is 0.0603. The summed E-state index contributed by atoms with van der Waals surface area (Å²) in [6.07, 6.45) is 2.26. The predicted molar refractivity (Wildman–Crippen MR) is 87.4 cm³/mol. The predicted octanol–water partition coefficient (Wildman–Crippen LogP) is 3.91. The Morgan fingerprint density at radius 3 is 2.55 bits per heavy atom. The van der Waals surface area contributed by atoms with Crippen molar-refractivity contribution in [2.75, 3.05) is 5.32 Å². The number of nitrogens with zero attached hydrogens (tertiary/aromatic N) is 1. The Labute approximate surface area is 128 Å². The first-order valence-electron chi connectivity index (χ1n) is 7.25. The van der Waals surface area contributed by atoms with Gasteiger partial charge in [0.15, 0.2) is 0 Å². The summed E-state index contributed by atoms with van der Waals surface area (Å²) in [5.74, 6) is 0.0603. The lowest BCUT2D eigenvalue weighted by Gasteiger charge is -2.10. The molecule has 1 aliphatic rings. The van der Waals surface area contributed by atoms with E-state index >= 15 is 0 Å². The molecule has 1 amide bonds. The number of benzene rings is 2. The van der Waals surface area contributed by atoms with Crippen LogP contribution in [0.4, 0.5) is 5.69 Å². The lowest BCUT2D eigenvalue weighted by molar-refractivity contribution is -0.115. The maximum atomic E-state index is 11.5. The van der Waals surface area contributed by atoms with E-state index < -0.39 is 0 Å². The number of fused-ring (bicyclic) bond motifs is 1. The molecule has 22 heavy (non-hydrogen) atoms. The van der Waals surface area contributed by atoms with Gasteiger partial charge in [0.05, 0.1) is 12.1 Å². The quantitative estimate of drug-likeness (QED) is 0.776. The summed E-state index contributed by atoms with van der Waals surface area (Å²) in [4.78, 5) is 16.0. The van der Waals surface area contributed by atoms with Gasteiger partial charge in [-0.2, -0.15) is 0 Å². The first-order chi connectivity index (χ1) is 10.8. The molecule has 0 unspecified atom stereocenters. The highest BCUT2D eigenvalue weighted by molar-refractivity contribution is 6.00. The highest BCUT2D eigenvalue weighted by Crippen LogP contribution is 2.34. The lowest BCUT2D eigenvalue weighted by atomic mass is 9.95. The topological polar surface area (TPSA) is 42.0 Å². The molecule has 0 saturated heterocycles. The Bertz CT molecular complexity index is 856. The third-order valence-electron chi connectivity index (χ3n) is 3.91. The Hall–Kier alpha value is -2.94. The second kappa shape index (κ2) is 5.11. The van der Waals surface area contributed by atoms with E-state index in [9.17, 15) is 4.79 Å². The molecule has 0 bridgehead atoms. The highest BCUT2D eigenvalue weighted by atomic mass is 16.1. The summed E-state index contributed by atoms with van der Waals surface area (Å²) in [6, 6.07) is 20.3. The first-order valence-corrected chi connectivity index (χ1v) is 7.25. The average molecular weight is 286 g/mol. The number of amides is 1. The van der Waals surface area contributed by atoms with Gasteiger partial charge in [-0.1, -0.05) is 36.4 Å². The largest absolute Gasteiger partial charge is 0.326 e. The van der Waals surface area contributed by atoms with Gasteiger partial charge in [-0.25, -0.2) is 0 Å². The number of pyridine rings is 1. The Balaban J connectivity index is 1.85. The highest BCUT2D eigenvalue weighted by Gasteiger charge is 2.18. The van der Waals surface area contributed by atoms with Crippen molar-refractivity contribution in [3.63, 3.8) is 0 Å².